The largest absolute Gasteiger partial charge is 0.421 e. The zero-order chi connectivity index (χ0) is 10.1. The Morgan fingerprint density at radius 2 is 1.79 bits per heavy atom. The van der Waals surface area contributed by atoms with Crippen molar-refractivity contribution in [1.29, 1.82) is 0 Å². The summed E-state index contributed by atoms with van der Waals surface area (Å²) in [4.78, 5) is 3.82. The molecule has 0 bridgehead atoms. The lowest BCUT2D eigenvalue weighted by molar-refractivity contribution is 0.533. The highest BCUT2D eigenvalue weighted by Gasteiger charge is 2.14. The number of aromatic nitrogens is 3. The highest BCUT2D eigenvalue weighted by molar-refractivity contribution is 6.38. The molecule has 4 nitrogen and oxygen atoms in total. The minimum atomic E-state index is 0.305. The predicted octanol–water partition coefficient (Wildman–Crippen LogP) is 2.75. The van der Waals surface area contributed by atoms with Crippen LogP contribution in [0.2, 0.25) is 10.0 Å². The Kier molecular flexibility index (Phi) is 2.39. The number of pyridine rings is 1. The van der Waals surface area contributed by atoms with Gasteiger partial charge in [-0.05, 0) is 0 Å². The van der Waals surface area contributed by atoms with E-state index in [0.29, 0.717) is 27.4 Å². The van der Waals surface area contributed by atoms with E-state index in [2.05, 4.69) is 15.2 Å². The molecule has 0 unspecified atom stereocenters. The molecule has 0 N–H and O–H groups in total. The van der Waals surface area contributed by atoms with Gasteiger partial charge in [-0.15, -0.1) is 10.2 Å². The molecule has 0 aliphatic rings. The first-order valence-corrected chi connectivity index (χ1v) is 4.53. The fourth-order valence-electron chi connectivity index (χ4n) is 1.01. The third kappa shape index (κ3) is 1.58. The average Bonchev–Trinajstić information content (AvgIpc) is 2.51. The van der Waals surface area contributed by atoms with E-state index in [1.54, 1.807) is 6.92 Å². The van der Waals surface area contributed by atoms with Crippen molar-refractivity contribution in [3.63, 3.8) is 0 Å². The van der Waals surface area contributed by atoms with Crippen LogP contribution >= 0.6 is 23.2 Å². The summed E-state index contributed by atoms with van der Waals surface area (Å²) in [6.45, 7) is 1.69. The molecule has 0 aliphatic carbocycles. The third-order valence-corrected chi connectivity index (χ3v) is 2.17. The van der Waals surface area contributed by atoms with Gasteiger partial charge in [0.15, 0.2) is 0 Å². The van der Waals surface area contributed by atoms with Crippen LogP contribution in [0.4, 0.5) is 0 Å². The Bertz CT molecular complexity index is 449. The van der Waals surface area contributed by atoms with Crippen LogP contribution in [0.5, 0.6) is 0 Å². The Morgan fingerprint density at radius 3 is 2.29 bits per heavy atom. The van der Waals surface area contributed by atoms with Crippen LogP contribution in [-0.4, -0.2) is 15.2 Å². The van der Waals surface area contributed by atoms with Crippen LogP contribution in [0.15, 0.2) is 16.8 Å². The third-order valence-electron chi connectivity index (χ3n) is 1.59. The van der Waals surface area contributed by atoms with Crippen LogP contribution in [0.1, 0.15) is 5.89 Å². The van der Waals surface area contributed by atoms with Gasteiger partial charge in [0.2, 0.25) is 5.89 Å². The van der Waals surface area contributed by atoms with E-state index in [4.69, 9.17) is 27.6 Å². The molecule has 2 rings (SSSR count). The van der Waals surface area contributed by atoms with Crippen molar-refractivity contribution in [2.75, 3.05) is 0 Å². The lowest BCUT2D eigenvalue weighted by Crippen LogP contribution is -1.83. The Morgan fingerprint density at radius 1 is 1.14 bits per heavy atom. The number of hydrogen-bond donors (Lipinski definition) is 0. The summed E-state index contributed by atoms with van der Waals surface area (Å²) in [7, 11) is 0. The maximum atomic E-state index is 5.90. The first-order chi connectivity index (χ1) is 6.68. The Balaban J connectivity index is 2.61. The molecule has 0 saturated carbocycles. The Labute approximate surface area is 89.9 Å². The molecule has 2 aromatic rings. The second-order valence-electron chi connectivity index (χ2n) is 2.60. The first-order valence-electron chi connectivity index (χ1n) is 3.78. The summed E-state index contributed by atoms with van der Waals surface area (Å²) in [5.41, 5.74) is 0.518. The van der Waals surface area contributed by atoms with Crippen molar-refractivity contribution in [3.05, 3.63) is 28.3 Å². The van der Waals surface area contributed by atoms with Gasteiger partial charge < -0.3 is 4.42 Å². The second kappa shape index (κ2) is 3.55. The lowest BCUT2D eigenvalue weighted by Gasteiger charge is -1.99. The fourth-order valence-corrected chi connectivity index (χ4v) is 1.54. The number of aryl methyl sites for hydroxylation is 1. The first kappa shape index (κ1) is 9.43. The zero-order valence-electron chi connectivity index (χ0n) is 7.16. The summed E-state index contributed by atoms with van der Waals surface area (Å²) < 4.78 is 5.21. The molecule has 2 heterocycles. The smallest absolute Gasteiger partial charge is 0.250 e. The van der Waals surface area contributed by atoms with E-state index in [1.807, 2.05) is 0 Å². The number of halogens is 2. The van der Waals surface area contributed by atoms with Gasteiger partial charge in [0.1, 0.15) is 0 Å². The average molecular weight is 230 g/mol. The minimum Gasteiger partial charge on any atom is -0.421 e. The highest BCUT2D eigenvalue weighted by atomic mass is 35.5. The van der Waals surface area contributed by atoms with Crippen molar-refractivity contribution in [2.24, 2.45) is 0 Å². The van der Waals surface area contributed by atoms with E-state index in [9.17, 15) is 0 Å². The normalized spacial score (nSPS) is 10.5. The molecule has 0 radical (unpaired) electrons. The number of nitrogens with zero attached hydrogens (tertiary/aromatic N) is 3. The van der Waals surface area contributed by atoms with E-state index in [0.717, 1.165) is 0 Å². The van der Waals surface area contributed by atoms with Gasteiger partial charge in [-0.3, -0.25) is 4.98 Å². The molecule has 6 heteroatoms. The van der Waals surface area contributed by atoms with Gasteiger partial charge in [0.25, 0.3) is 5.89 Å². The summed E-state index contributed by atoms with van der Waals surface area (Å²) in [5, 5.41) is 8.30. The maximum Gasteiger partial charge on any atom is 0.250 e. The highest BCUT2D eigenvalue weighted by Crippen LogP contribution is 2.32. The van der Waals surface area contributed by atoms with Crippen LogP contribution in [0.3, 0.4) is 0 Å². The molecule has 0 saturated heterocycles. The van der Waals surface area contributed by atoms with Gasteiger partial charge in [-0.2, -0.15) is 0 Å². The molecular formula is C8H5Cl2N3O. The van der Waals surface area contributed by atoms with E-state index in [1.165, 1.54) is 12.4 Å². The van der Waals surface area contributed by atoms with Gasteiger partial charge in [0.05, 0.1) is 15.6 Å². The molecule has 0 fully saturated rings. The second-order valence-corrected chi connectivity index (χ2v) is 3.42. The molecule has 0 amide bonds. The van der Waals surface area contributed by atoms with Crippen molar-refractivity contribution < 1.29 is 4.42 Å². The summed E-state index contributed by atoms with van der Waals surface area (Å²) in [6, 6.07) is 0. The summed E-state index contributed by atoms with van der Waals surface area (Å²) in [5.74, 6) is 0.767. The number of hydrogen-bond acceptors (Lipinski definition) is 4. The van der Waals surface area contributed by atoms with Crippen molar-refractivity contribution >= 4 is 23.2 Å². The van der Waals surface area contributed by atoms with Gasteiger partial charge in [0, 0.05) is 19.3 Å². The van der Waals surface area contributed by atoms with Crippen LogP contribution < -0.4 is 0 Å². The fraction of sp³-hybridized carbons (Fsp3) is 0.125. The summed E-state index contributed by atoms with van der Waals surface area (Å²) >= 11 is 11.8. The summed E-state index contributed by atoms with van der Waals surface area (Å²) in [6.07, 6.45) is 2.95. The molecule has 0 atom stereocenters. The molecule has 14 heavy (non-hydrogen) atoms. The van der Waals surface area contributed by atoms with Crippen molar-refractivity contribution in [1.82, 2.24) is 15.2 Å². The van der Waals surface area contributed by atoms with Crippen LogP contribution in [0.25, 0.3) is 11.5 Å². The van der Waals surface area contributed by atoms with Gasteiger partial charge in [-0.25, -0.2) is 0 Å². The minimum absolute atomic E-state index is 0.305. The molecule has 0 aromatic carbocycles. The predicted molar refractivity (Wildman–Crippen MR) is 52.3 cm³/mol. The van der Waals surface area contributed by atoms with E-state index >= 15 is 0 Å². The topological polar surface area (TPSA) is 51.8 Å². The Hall–Kier alpha value is -1.13. The molecule has 2 aromatic heterocycles. The monoisotopic (exact) mass is 229 g/mol. The van der Waals surface area contributed by atoms with Gasteiger partial charge in [-0.1, -0.05) is 23.2 Å². The lowest BCUT2D eigenvalue weighted by atomic mass is 10.3. The van der Waals surface area contributed by atoms with E-state index in [-0.39, 0.29) is 0 Å². The quantitative estimate of drug-likeness (QED) is 0.755. The zero-order valence-corrected chi connectivity index (χ0v) is 8.67. The van der Waals surface area contributed by atoms with E-state index < -0.39 is 0 Å². The maximum absolute atomic E-state index is 5.90. The van der Waals surface area contributed by atoms with Crippen molar-refractivity contribution in [2.45, 2.75) is 6.92 Å². The molecular weight excluding hydrogens is 225 g/mol. The van der Waals surface area contributed by atoms with Crippen LogP contribution in [-0.2, 0) is 0 Å². The molecule has 0 aliphatic heterocycles. The number of rotatable bonds is 1. The molecule has 0 spiro atoms. The standard InChI is InChI=1S/C8H5Cl2N3O/c1-4-12-13-8(14-4)7-5(9)2-11-3-6(7)10/h2-3H,1H3. The molecule has 72 valence electrons. The SMILES string of the molecule is Cc1nnc(-c2c(Cl)cncc2Cl)o1. The van der Waals surface area contributed by atoms with Crippen LogP contribution in [0, 0.1) is 6.92 Å². The van der Waals surface area contributed by atoms with Gasteiger partial charge >= 0.3 is 0 Å². The van der Waals surface area contributed by atoms with Crippen molar-refractivity contribution in [3.8, 4) is 11.5 Å².